The fourth-order valence-corrected chi connectivity index (χ4v) is 0.951. The lowest BCUT2D eigenvalue weighted by Crippen LogP contribution is -2.21. The molecule has 1 aromatic carbocycles. The summed E-state index contributed by atoms with van der Waals surface area (Å²) < 4.78 is 0. The van der Waals surface area contributed by atoms with E-state index in [-0.39, 0.29) is 18.2 Å². The molecular formula is C9H12N2O2. The van der Waals surface area contributed by atoms with Gasteiger partial charge in [-0.3, -0.25) is 4.79 Å². The highest BCUT2D eigenvalue weighted by molar-refractivity contribution is 5.93. The Morgan fingerprint density at radius 1 is 1.62 bits per heavy atom. The molecular weight excluding hydrogens is 168 g/mol. The maximum atomic E-state index is 10.9. The van der Waals surface area contributed by atoms with Crippen LogP contribution < -0.4 is 11.1 Å². The van der Waals surface area contributed by atoms with E-state index in [0.29, 0.717) is 5.69 Å². The number of hydrogen-bond acceptors (Lipinski definition) is 3. The molecule has 0 aliphatic rings. The maximum absolute atomic E-state index is 10.9. The Balaban J connectivity index is 2.87. The number of hydrogen-bond donors (Lipinski definition) is 3. The summed E-state index contributed by atoms with van der Waals surface area (Å²) in [6.45, 7) is 1.78. The van der Waals surface area contributed by atoms with Crippen LogP contribution in [0.25, 0.3) is 0 Å². The minimum atomic E-state index is -0.319. The van der Waals surface area contributed by atoms with Crippen molar-refractivity contribution in [3.63, 3.8) is 0 Å². The predicted molar refractivity (Wildman–Crippen MR) is 50.5 cm³/mol. The normalized spacial score (nSPS) is 9.69. The zero-order chi connectivity index (χ0) is 9.84. The van der Waals surface area contributed by atoms with Gasteiger partial charge < -0.3 is 16.2 Å². The number of anilines is 1. The molecule has 4 nitrogen and oxygen atoms in total. The van der Waals surface area contributed by atoms with Gasteiger partial charge in [-0.1, -0.05) is 6.07 Å². The lowest BCUT2D eigenvalue weighted by molar-refractivity contribution is -0.114. The van der Waals surface area contributed by atoms with E-state index in [9.17, 15) is 9.90 Å². The van der Waals surface area contributed by atoms with Crippen LogP contribution in [0.5, 0.6) is 5.75 Å². The number of aryl methyl sites for hydroxylation is 1. The molecule has 0 saturated carbocycles. The number of nitrogens with two attached hydrogens (primary N) is 1. The lowest BCUT2D eigenvalue weighted by atomic mass is 10.2. The first-order valence-corrected chi connectivity index (χ1v) is 3.93. The van der Waals surface area contributed by atoms with Crippen molar-refractivity contribution in [2.45, 2.75) is 6.92 Å². The summed E-state index contributed by atoms with van der Waals surface area (Å²) in [4.78, 5) is 10.9. The molecule has 1 rings (SSSR count). The lowest BCUT2D eigenvalue weighted by Gasteiger charge is -2.06. The average molecular weight is 180 g/mol. The summed E-state index contributed by atoms with van der Waals surface area (Å²) in [5, 5.41) is 11.8. The minimum absolute atomic E-state index is 0.0485. The largest absolute Gasteiger partial charge is 0.506 e. The zero-order valence-corrected chi connectivity index (χ0v) is 7.37. The van der Waals surface area contributed by atoms with Crippen molar-refractivity contribution >= 4 is 11.6 Å². The standard InChI is InChI=1S/C9H12N2O2/c1-6-2-3-8(12)7(4-6)11-9(13)5-10/h2-4,12H,5,10H2,1H3,(H,11,13). The number of carbonyl (C=O) groups excluding carboxylic acids is 1. The van der Waals surface area contributed by atoms with E-state index >= 15 is 0 Å². The van der Waals surface area contributed by atoms with Crippen LogP contribution in [-0.2, 0) is 4.79 Å². The van der Waals surface area contributed by atoms with Crippen LogP contribution in [0.15, 0.2) is 18.2 Å². The third kappa shape index (κ3) is 2.45. The van der Waals surface area contributed by atoms with Gasteiger partial charge in [0.25, 0.3) is 0 Å². The highest BCUT2D eigenvalue weighted by Crippen LogP contribution is 2.23. The Kier molecular flexibility index (Phi) is 2.87. The first-order valence-electron chi connectivity index (χ1n) is 3.93. The van der Waals surface area contributed by atoms with Crippen LogP contribution in [0.3, 0.4) is 0 Å². The summed E-state index contributed by atoms with van der Waals surface area (Å²) in [6.07, 6.45) is 0. The zero-order valence-electron chi connectivity index (χ0n) is 7.37. The maximum Gasteiger partial charge on any atom is 0.238 e. The molecule has 0 bridgehead atoms. The molecule has 0 radical (unpaired) electrons. The highest BCUT2D eigenvalue weighted by atomic mass is 16.3. The highest BCUT2D eigenvalue weighted by Gasteiger charge is 2.03. The molecule has 4 N–H and O–H groups in total. The number of phenolic OH excluding ortho intramolecular Hbond substituents is 1. The van der Waals surface area contributed by atoms with Gasteiger partial charge in [-0.25, -0.2) is 0 Å². The van der Waals surface area contributed by atoms with E-state index in [0.717, 1.165) is 5.56 Å². The van der Waals surface area contributed by atoms with Gasteiger partial charge in [0.2, 0.25) is 5.91 Å². The molecule has 0 fully saturated rings. The van der Waals surface area contributed by atoms with Gasteiger partial charge >= 0.3 is 0 Å². The first-order chi connectivity index (χ1) is 6.13. The van der Waals surface area contributed by atoms with Crippen molar-refractivity contribution in [1.82, 2.24) is 0 Å². The summed E-state index contributed by atoms with van der Waals surface area (Å²) >= 11 is 0. The van der Waals surface area contributed by atoms with Crippen LogP contribution in [0, 0.1) is 6.92 Å². The molecule has 0 saturated heterocycles. The van der Waals surface area contributed by atoms with Crippen molar-refractivity contribution in [2.24, 2.45) is 5.73 Å². The van der Waals surface area contributed by atoms with Crippen LogP contribution in [0.1, 0.15) is 5.56 Å². The summed E-state index contributed by atoms with van der Waals surface area (Å²) in [6, 6.07) is 4.97. The second-order valence-corrected chi connectivity index (χ2v) is 2.77. The van der Waals surface area contributed by atoms with Gasteiger partial charge in [0.15, 0.2) is 0 Å². The van der Waals surface area contributed by atoms with E-state index < -0.39 is 0 Å². The minimum Gasteiger partial charge on any atom is -0.506 e. The van der Waals surface area contributed by atoms with E-state index in [1.54, 1.807) is 12.1 Å². The van der Waals surface area contributed by atoms with Crippen molar-refractivity contribution in [1.29, 1.82) is 0 Å². The van der Waals surface area contributed by atoms with Crippen LogP contribution in [-0.4, -0.2) is 17.6 Å². The van der Waals surface area contributed by atoms with Crippen molar-refractivity contribution in [3.05, 3.63) is 23.8 Å². The molecule has 0 atom stereocenters. The van der Waals surface area contributed by atoms with Crippen molar-refractivity contribution in [3.8, 4) is 5.75 Å². The monoisotopic (exact) mass is 180 g/mol. The Morgan fingerprint density at radius 3 is 2.92 bits per heavy atom. The van der Waals surface area contributed by atoms with Gasteiger partial charge in [-0.05, 0) is 24.6 Å². The Morgan fingerprint density at radius 2 is 2.31 bits per heavy atom. The Hall–Kier alpha value is -1.55. The Bertz CT molecular complexity index is 323. The van der Waals surface area contributed by atoms with E-state index in [2.05, 4.69) is 5.32 Å². The molecule has 1 aromatic rings. The summed E-state index contributed by atoms with van der Waals surface area (Å²) in [5.74, 6) is -0.270. The number of phenols is 1. The number of rotatable bonds is 2. The second kappa shape index (κ2) is 3.91. The molecule has 0 aliphatic carbocycles. The molecule has 0 spiro atoms. The van der Waals surface area contributed by atoms with Crippen LogP contribution in [0.2, 0.25) is 0 Å². The topological polar surface area (TPSA) is 75.3 Å². The molecule has 1 amide bonds. The SMILES string of the molecule is Cc1ccc(O)c(NC(=O)CN)c1. The fraction of sp³-hybridized carbons (Fsp3) is 0.222. The molecule has 4 heteroatoms. The van der Waals surface area contributed by atoms with Crippen molar-refractivity contribution < 1.29 is 9.90 Å². The van der Waals surface area contributed by atoms with Gasteiger partial charge in [0.1, 0.15) is 5.75 Å². The molecule has 0 aliphatic heterocycles. The number of carbonyl (C=O) groups is 1. The third-order valence-corrected chi connectivity index (χ3v) is 1.61. The average Bonchev–Trinajstić information content (AvgIpc) is 2.11. The summed E-state index contributed by atoms with van der Waals surface area (Å²) in [5.41, 5.74) is 6.48. The Labute approximate surface area is 76.4 Å². The number of benzene rings is 1. The number of nitrogens with one attached hydrogen (secondary N) is 1. The number of amides is 1. The number of aromatic hydroxyl groups is 1. The molecule has 0 aromatic heterocycles. The van der Waals surface area contributed by atoms with Gasteiger partial charge in [-0.2, -0.15) is 0 Å². The molecule has 70 valence electrons. The molecule has 13 heavy (non-hydrogen) atoms. The van der Waals surface area contributed by atoms with Crippen LogP contribution in [0.4, 0.5) is 5.69 Å². The van der Waals surface area contributed by atoms with Gasteiger partial charge in [-0.15, -0.1) is 0 Å². The van der Waals surface area contributed by atoms with Gasteiger partial charge in [0.05, 0.1) is 12.2 Å². The molecule has 0 unspecified atom stereocenters. The second-order valence-electron chi connectivity index (χ2n) is 2.77. The summed E-state index contributed by atoms with van der Waals surface area (Å²) in [7, 11) is 0. The third-order valence-electron chi connectivity index (χ3n) is 1.61. The van der Waals surface area contributed by atoms with Crippen molar-refractivity contribution in [2.75, 3.05) is 11.9 Å². The van der Waals surface area contributed by atoms with Crippen LogP contribution >= 0.6 is 0 Å². The predicted octanol–water partition coefficient (Wildman–Crippen LogP) is 0.598. The van der Waals surface area contributed by atoms with E-state index in [4.69, 9.17) is 5.73 Å². The molecule has 0 heterocycles. The van der Waals surface area contributed by atoms with E-state index in [1.807, 2.05) is 6.92 Å². The fourth-order valence-electron chi connectivity index (χ4n) is 0.951. The first kappa shape index (κ1) is 9.54. The smallest absolute Gasteiger partial charge is 0.238 e. The van der Waals surface area contributed by atoms with E-state index in [1.165, 1.54) is 6.07 Å². The van der Waals surface area contributed by atoms with Gasteiger partial charge in [0, 0.05) is 0 Å². The quantitative estimate of drug-likeness (QED) is 0.583.